The van der Waals surface area contributed by atoms with Gasteiger partial charge in [-0.3, -0.25) is 14.5 Å². The Hall–Kier alpha value is -1.58. The fourth-order valence-electron chi connectivity index (χ4n) is 1.40. The van der Waals surface area contributed by atoms with E-state index in [-0.39, 0.29) is 17.6 Å². The molecule has 0 saturated heterocycles. The minimum Gasteiger partial charge on any atom is -0.491 e. The first kappa shape index (κ1) is 11.5. The normalized spacial score (nSPS) is 15.5. The van der Waals surface area contributed by atoms with Crippen LogP contribution >= 0.6 is 0 Å². The molecule has 2 amide bonds. The predicted molar refractivity (Wildman–Crippen MR) is 55.9 cm³/mol. The number of rotatable bonds is 6. The minimum absolute atomic E-state index is 0.128. The smallest absolute Gasteiger partial charge is 0.295 e. The maximum Gasteiger partial charge on any atom is 0.295 e. The molecule has 1 rings (SSSR count). The van der Waals surface area contributed by atoms with Crippen LogP contribution in [-0.4, -0.2) is 30.4 Å². The molecule has 0 aromatic carbocycles. The Morgan fingerprint density at radius 2 is 2.20 bits per heavy atom. The van der Waals surface area contributed by atoms with Gasteiger partial charge >= 0.3 is 0 Å². The fourth-order valence-corrected chi connectivity index (χ4v) is 1.40. The van der Waals surface area contributed by atoms with Gasteiger partial charge in [0.1, 0.15) is 0 Å². The number of unbranched alkanes of at least 4 members (excludes halogenated alkanes) is 2. The van der Waals surface area contributed by atoms with Crippen LogP contribution in [0.1, 0.15) is 19.3 Å². The number of carbonyl (C=O) groups excluding carboxylic acids is 2. The van der Waals surface area contributed by atoms with E-state index >= 15 is 0 Å². The van der Waals surface area contributed by atoms with Gasteiger partial charge in [0, 0.05) is 6.54 Å². The summed E-state index contributed by atoms with van der Waals surface area (Å²) in [7, 11) is 1.39. The van der Waals surface area contributed by atoms with Gasteiger partial charge in [-0.2, -0.15) is 0 Å². The van der Waals surface area contributed by atoms with Crippen LogP contribution in [0.3, 0.4) is 0 Å². The number of hydrogen-bond donors (Lipinski definition) is 0. The quantitative estimate of drug-likeness (QED) is 0.375. The molecule has 0 aromatic rings. The predicted octanol–water partition coefficient (Wildman–Crippen LogP) is 1.24. The van der Waals surface area contributed by atoms with Crippen molar-refractivity contribution in [1.29, 1.82) is 0 Å². The van der Waals surface area contributed by atoms with E-state index in [0.717, 1.165) is 19.3 Å². The molecule has 0 atom stereocenters. The highest BCUT2D eigenvalue weighted by Crippen LogP contribution is 2.14. The van der Waals surface area contributed by atoms with E-state index in [0.29, 0.717) is 6.54 Å². The molecule has 15 heavy (non-hydrogen) atoms. The number of imide groups is 1. The van der Waals surface area contributed by atoms with Gasteiger partial charge in [-0.05, 0) is 19.3 Å². The Morgan fingerprint density at radius 1 is 1.47 bits per heavy atom. The fraction of sp³-hybridized carbons (Fsp3) is 0.455. The lowest BCUT2D eigenvalue weighted by atomic mass is 10.2. The van der Waals surface area contributed by atoms with Gasteiger partial charge in [0.05, 0.1) is 13.2 Å². The molecular formula is C11H15NO3. The molecular weight excluding hydrogens is 194 g/mol. The summed E-state index contributed by atoms with van der Waals surface area (Å²) < 4.78 is 4.78. The maximum atomic E-state index is 11.5. The largest absolute Gasteiger partial charge is 0.491 e. The third-order valence-corrected chi connectivity index (χ3v) is 2.24. The highest BCUT2D eigenvalue weighted by Gasteiger charge is 2.31. The third kappa shape index (κ3) is 2.68. The number of allylic oxidation sites excluding steroid dienone is 1. The van der Waals surface area contributed by atoms with E-state index < -0.39 is 0 Å². The van der Waals surface area contributed by atoms with Crippen LogP contribution < -0.4 is 0 Å². The third-order valence-electron chi connectivity index (χ3n) is 2.24. The second-order valence-electron chi connectivity index (χ2n) is 3.29. The van der Waals surface area contributed by atoms with Crippen molar-refractivity contribution >= 4 is 11.8 Å². The zero-order valence-electron chi connectivity index (χ0n) is 8.86. The Labute approximate surface area is 89.2 Å². The van der Waals surface area contributed by atoms with Crippen LogP contribution in [0.15, 0.2) is 24.5 Å². The molecule has 0 N–H and O–H groups in total. The van der Waals surface area contributed by atoms with Crippen molar-refractivity contribution in [1.82, 2.24) is 4.90 Å². The molecule has 82 valence electrons. The van der Waals surface area contributed by atoms with E-state index in [1.54, 1.807) is 0 Å². The maximum absolute atomic E-state index is 11.5. The molecule has 0 spiro atoms. The molecule has 0 bridgehead atoms. The van der Waals surface area contributed by atoms with Crippen molar-refractivity contribution in [2.45, 2.75) is 19.3 Å². The van der Waals surface area contributed by atoms with Gasteiger partial charge in [0.2, 0.25) is 0 Å². The lowest BCUT2D eigenvalue weighted by Crippen LogP contribution is -2.32. The monoisotopic (exact) mass is 209 g/mol. The molecule has 1 heterocycles. The highest BCUT2D eigenvalue weighted by molar-refractivity contribution is 6.15. The molecule has 0 saturated carbocycles. The van der Waals surface area contributed by atoms with Gasteiger partial charge in [-0.1, -0.05) is 6.08 Å². The Kier molecular flexibility index (Phi) is 4.09. The first-order valence-electron chi connectivity index (χ1n) is 4.93. The summed E-state index contributed by atoms with van der Waals surface area (Å²) in [5.74, 6) is -0.486. The van der Waals surface area contributed by atoms with Crippen LogP contribution in [0.25, 0.3) is 0 Å². The van der Waals surface area contributed by atoms with Gasteiger partial charge in [-0.25, -0.2) is 0 Å². The Morgan fingerprint density at radius 3 is 2.73 bits per heavy atom. The van der Waals surface area contributed by atoms with Crippen LogP contribution in [0.5, 0.6) is 0 Å². The van der Waals surface area contributed by atoms with E-state index in [2.05, 4.69) is 6.58 Å². The van der Waals surface area contributed by atoms with Crippen molar-refractivity contribution in [3.05, 3.63) is 24.5 Å². The summed E-state index contributed by atoms with van der Waals surface area (Å²) in [6, 6.07) is 0. The number of carbonyl (C=O) groups is 2. The van der Waals surface area contributed by atoms with Gasteiger partial charge in [-0.15, -0.1) is 6.58 Å². The summed E-state index contributed by atoms with van der Waals surface area (Å²) in [6.07, 6.45) is 5.69. The summed E-state index contributed by atoms with van der Waals surface area (Å²) in [5, 5.41) is 0. The molecule has 1 aliphatic heterocycles. The standard InChI is InChI=1S/C11H15NO3/c1-3-4-5-6-7-12-10(13)8-9(15-2)11(12)14/h3,8H,1,4-7H2,2H3. The SMILES string of the molecule is C=CCCCCN1C(=O)C=C(OC)C1=O. The molecule has 4 nitrogen and oxygen atoms in total. The Balaban J connectivity index is 2.41. The zero-order chi connectivity index (χ0) is 11.3. The van der Waals surface area contributed by atoms with Crippen molar-refractivity contribution in [2.75, 3.05) is 13.7 Å². The highest BCUT2D eigenvalue weighted by atomic mass is 16.5. The van der Waals surface area contributed by atoms with E-state index in [4.69, 9.17) is 4.74 Å². The molecule has 4 heteroatoms. The van der Waals surface area contributed by atoms with Crippen molar-refractivity contribution in [3.8, 4) is 0 Å². The average molecular weight is 209 g/mol. The number of amides is 2. The second kappa shape index (κ2) is 5.34. The molecule has 0 fully saturated rings. The van der Waals surface area contributed by atoms with Crippen molar-refractivity contribution < 1.29 is 14.3 Å². The molecule has 0 aromatic heterocycles. The summed E-state index contributed by atoms with van der Waals surface area (Å²) in [5.41, 5.74) is 0. The average Bonchev–Trinajstić information content (AvgIpc) is 2.50. The summed E-state index contributed by atoms with van der Waals surface area (Å²) in [4.78, 5) is 24.1. The number of hydrogen-bond acceptors (Lipinski definition) is 3. The second-order valence-corrected chi connectivity index (χ2v) is 3.29. The lowest BCUT2D eigenvalue weighted by Gasteiger charge is -2.13. The van der Waals surface area contributed by atoms with Crippen molar-refractivity contribution in [3.63, 3.8) is 0 Å². The van der Waals surface area contributed by atoms with Crippen LogP contribution in [0.2, 0.25) is 0 Å². The number of methoxy groups -OCH3 is 1. The zero-order valence-corrected chi connectivity index (χ0v) is 8.86. The van der Waals surface area contributed by atoms with Crippen molar-refractivity contribution in [2.24, 2.45) is 0 Å². The van der Waals surface area contributed by atoms with E-state index in [9.17, 15) is 9.59 Å². The molecule has 1 aliphatic rings. The van der Waals surface area contributed by atoms with Crippen LogP contribution in [-0.2, 0) is 14.3 Å². The van der Waals surface area contributed by atoms with Crippen LogP contribution in [0, 0.1) is 0 Å². The van der Waals surface area contributed by atoms with E-state index in [1.807, 2.05) is 6.08 Å². The summed E-state index contributed by atoms with van der Waals surface area (Å²) >= 11 is 0. The topological polar surface area (TPSA) is 46.6 Å². The minimum atomic E-state index is -0.332. The molecule has 0 aliphatic carbocycles. The first-order chi connectivity index (χ1) is 7.20. The number of ether oxygens (including phenoxy) is 1. The van der Waals surface area contributed by atoms with Gasteiger partial charge in [0.15, 0.2) is 5.76 Å². The van der Waals surface area contributed by atoms with Gasteiger partial charge in [0.25, 0.3) is 11.8 Å². The lowest BCUT2D eigenvalue weighted by molar-refractivity contribution is -0.138. The first-order valence-corrected chi connectivity index (χ1v) is 4.93. The summed E-state index contributed by atoms with van der Waals surface area (Å²) in [6.45, 7) is 4.06. The molecule has 0 unspecified atom stereocenters. The Bertz CT molecular complexity index is 307. The van der Waals surface area contributed by atoms with E-state index in [1.165, 1.54) is 18.1 Å². The molecule has 0 radical (unpaired) electrons. The van der Waals surface area contributed by atoms with Crippen LogP contribution in [0.4, 0.5) is 0 Å². The number of nitrogens with zero attached hydrogens (tertiary/aromatic N) is 1. The van der Waals surface area contributed by atoms with Gasteiger partial charge < -0.3 is 4.74 Å².